The Bertz CT molecular complexity index is 1420. The van der Waals surface area contributed by atoms with Gasteiger partial charge in [-0.2, -0.15) is 0 Å². The van der Waals surface area contributed by atoms with Crippen LogP contribution in [0.5, 0.6) is 34.5 Å². The van der Waals surface area contributed by atoms with Gasteiger partial charge < -0.3 is 44.2 Å². The van der Waals surface area contributed by atoms with Crippen molar-refractivity contribution < 1.29 is 44.2 Å². The van der Waals surface area contributed by atoms with Crippen LogP contribution in [-0.4, -0.2) is 52.5 Å². The summed E-state index contributed by atoms with van der Waals surface area (Å²) in [5.41, 5.74) is 0.216. The second-order valence-corrected chi connectivity index (χ2v) is 7.90. The molecule has 188 valence electrons. The zero-order chi connectivity index (χ0) is 26.0. The second kappa shape index (κ2) is 10.1. The average molecular weight is 496 g/mol. The molecule has 4 aromatic rings. The number of rotatable bonds is 8. The van der Waals surface area contributed by atoms with E-state index >= 15 is 0 Å². The molecule has 0 spiro atoms. The highest BCUT2D eigenvalue weighted by Gasteiger charge is 2.26. The lowest BCUT2D eigenvalue weighted by atomic mass is 10.0. The van der Waals surface area contributed by atoms with E-state index in [1.165, 1.54) is 62.8 Å². The lowest BCUT2D eigenvalue weighted by molar-refractivity contribution is -0.00164. The molecule has 1 heterocycles. The number of phenolic OH excluding ortho intramolecular Hbond substituents is 3. The molecule has 0 fully saturated rings. The van der Waals surface area contributed by atoms with Crippen LogP contribution >= 0.6 is 0 Å². The predicted octanol–water partition coefficient (Wildman–Crippen LogP) is 3.07. The molecule has 0 amide bonds. The van der Waals surface area contributed by atoms with Crippen molar-refractivity contribution in [2.24, 2.45) is 0 Å². The predicted molar refractivity (Wildman–Crippen MR) is 129 cm³/mol. The highest BCUT2D eigenvalue weighted by atomic mass is 16.6. The first-order valence-electron chi connectivity index (χ1n) is 10.8. The summed E-state index contributed by atoms with van der Waals surface area (Å²) < 4.78 is 22.6. The Hall–Kier alpha value is -4.41. The van der Waals surface area contributed by atoms with Gasteiger partial charge in [0.05, 0.1) is 20.8 Å². The molecule has 1 unspecified atom stereocenters. The maximum absolute atomic E-state index is 12.6. The molecule has 0 saturated carbocycles. The van der Waals surface area contributed by atoms with E-state index in [1.54, 1.807) is 0 Å². The molecular formula is C26H24O10. The van der Waals surface area contributed by atoms with Gasteiger partial charge in [0.15, 0.2) is 23.0 Å². The van der Waals surface area contributed by atoms with Crippen LogP contribution in [0, 0.1) is 0 Å². The Labute approximate surface area is 204 Å². The number of aliphatic hydroxyl groups is 2. The van der Waals surface area contributed by atoms with Crippen LogP contribution in [0.25, 0.3) is 22.3 Å². The number of ether oxygens (including phenoxy) is 3. The van der Waals surface area contributed by atoms with Crippen molar-refractivity contribution in [1.29, 1.82) is 0 Å². The number of aromatic hydroxyl groups is 3. The molecule has 0 bridgehead atoms. The van der Waals surface area contributed by atoms with Crippen molar-refractivity contribution >= 4 is 11.0 Å². The fourth-order valence-corrected chi connectivity index (χ4v) is 3.77. The van der Waals surface area contributed by atoms with Gasteiger partial charge in [-0.25, -0.2) is 0 Å². The summed E-state index contributed by atoms with van der Waals surface area (Å²) in [5.74, 6) is -0.169. The molecule has 0 radical (unpaired) electrons. The van der Waals surface area contributed by atoms with Crippen molar-refractivity contribution in [3.05, 3.63) is 70.4 Å². The van der Waals surface area contributed by atoms with Crippen molar-refractivity contribution in [1.82, 2.24) is 0 Å². The normalized spacial score (nSPS) is 12.8. The fraction of sp³-hybridized carbons (Fsp3) is 0.192. The zero-order valence-electron chi connectivity index (χ0n) is 19.3. The van der Waals surface area contributed by atoms with Crippen LogP contribution in [0.3, 0.4) is 0 Å². The summed E-state index contributed by atoms with van der Waals surface area (Å²) in [5, 5.41) is 49.8. The molecule has 5 N–H and O–H groups in total. The molecule has 0 aliphatic rings. The Morgan fingerprint density at radius 3 is 2.11 bits per heavy atom. The maximum Gasteiger partial charge on any atom is 0.204 e. The van der Waals surface area contributed by atoms with Crippen LogP contribution in [0.1, 0.15) is 11.7 Å². The van der Waals surface area contributed by atoms with Crippen molar-refractivity contribution in [3.8, 4) is 45.8 Å². The molecular weight excluding hydrogens is 472 g/mol. The summed E-state index contributed by atoms with van der Waals surface area (Å²) in [6.07, 6.45) is -2.36. The van der Waals surface area contributed by atoms with Gasteiger partial charge in [0.25, 0.3) is 0 Å². The van der Waals surface area contributed by atoms with E-state index in [0.717, 1.165) is 6.07 Å². The lowest BCUT2D eigenvalue weighted by Gasteiger charge is -2.25. The summed E-state index contributed by atoms with van der Waals surface area (Å²) in [7, 11) is 2.75. The van der Waals surface area contributed by atoms with Crippen LogP contribution in [0.4, 0.5) is 0 Å². The third kappa shape index (κ3) is 4.72. The molecule has 36 heavy (non-hydrogen) atoms. The molecule has 4 rings (SSSR count). The van der Waals surface area contributed by atoms with Gasteiger partial charge in [0.1, 0.15) is 40.1 Å². The number of phenols is 3. The van der Waals surface area contributed by atoms with Gasteiger partial charge in [0, 0.05) is 23.8 Å². The monoisotopic (exact) mass is 496 g/mol. The van der Waals surface area contributed by atoms with Crippen LogP contribution < -0.4 is 19.6 Å². The Morgan fingerprint density at radius 1 is 0.889 bits per heavy atom. The summed E-state index contributed by atoms with van der Waals surface area (Å²) >= 11 is 0. The lowest BCUT2D eigenvalue weighted by Crippen LogP contribution is -2.29. The number of aliphatic hydroxyl groups excluding tert-OH is 2. The van der Waals surface area contributed by atoms with Crippen LogP contribution in [-0.2, 0) is 0 Å². The molecule has 10 heteroatoms. The van der Waals surface area contributed by atoms with Gasteiger partial charge in [-0.1, -0.05) is 12.1 Å². The molecule has 2 atom stereocenters. The average Bonchev–Trinajstić information content (AvgIpc) is 2.86. The van der Waals surface area contributed by atoms with Crippen molar-refractivity contribution in [3.63, 3.8) is 0 Å². The largest absolute Gasteiger partial charge is 0.508 e. The Balaban J connectivity index is 1.75. The first-order valence-corrected chi connectivity index (χ1v) is 10.8. The molecule has 0 saturated heterocycles. The second-order valence-electron chi connectivity index (χ2n) is 7.90. The molecule has 1 aromatic heterocycles. The molecule has 0 aliphatic heterocycles. The molecule has 0 aliphatic carbocycles. The fourth-order valence-electron chi connectivity index (χ4n) is 3.77. The summed E-state index contributed by atoms with van der Waals surface area (Å²) in [6.45, 7) is -0.553. The quantitative estimate of drug-likeness (QED) is 0.245. The number of fused-ring (bicyclic) bond motifs is 1. The summed E-state index contributed by atoms with van der Waals surface area (Å²) in [6, 6.07) is 12.3. The van der Waals surface area contributed by atoms with Gasteiger partial charge >= 0.3 is 0 Å². The summed E-state index contributed by atoms with van der Waals surface area (Å²) in [4.78, 5) is 12.6. The molecule has 3 aromatic carbocycles. The minimum absolute atomic E-state index is 0.0226. The van der Waals surface area contributed by atoms with Crippen molar-refractivity contribution in [2.45, 2.75) is 12.2 Å². The highest BCUT2D eigenvalue weighted by Crippen LogP contribution is 2.43. The first kappa shape index (κ1) is 24.7. The van der Waals surface area contributed by atoms with Crippen molar-refractivity contribution in [2.75, 3.05) is 20.8 Å². The van der Waals surface area contributed by atoms with E-state index in [0.29, 0.717) is 11.1 Å². The number of methoxy groups -OCH3 is 2. The minimum atomic E-state index is -1.25. The Kier molecular flexibility index (Phi) is 6.91. The van der Waals surface area contributed by atoms with E-state index in [-0.39, 0.29) is 45.5 Å². The molecule has 10 nitrogen and oxygen atoms in total. The van der Waals surface area contributed by atoms with Crippen LogP contribution in [0.2, 0.25) is 0 Å². The smallest absolute Gasteiger partial charge is 0.204 e. The van der Waals surface area contributed by atoms with Gasteiger partial charge in [0.2, 0.25) is 5.75 Å². The minimum Gasteiger partial charge on any atom is -0.508 e. The van der Waals surface area contributed by atoms with E-state index in [9.17, 15) is 30.3 Å². The van der Waals surface area contributed by atoms with E-state index in [2.05, 4.69) is 0 Å². The van der Waals surface area contributed by atoms with Gasteiger partial charge in [-0.3, -0.25) is 4.79 Å². The SMILES string of the molecule is COc1cc(-c2cc(=O)c3c(O)cc(O)cc3o2)cc(OC)c1O[C@H](CO)C(O)c1ccc(O)cc1. The van der Waals surface area contributed by atoms with Gasteiger partial charge in [-0.05, 0) is 29.8 Å². The Morgan fingerprint density at radius 2 is 1.53 bits per heavy atom. The third-order valence-electron chi connectivity index (χ3n) is 5.58. The first-order chi connectivity index (χ1) is 17.2. The van der Waals surface area contributed by atoms with Crippen LogP contribution in [0.15, 0.2) is 63.8 Å². The highest BCUT2D eigenvalue weighted by molar-refractivity contribution is 5.86. The topological polar surface area (TPSA) is 159 Å². The zero-order valence-corrected chi connectivity index (χ0v) is 19.3. The third-order valence-corrected chi connectivity index (χ3v) is 5.58. The number of hydrogen-bond donors (Lipinski definition) is 5. The van der Waals surface area contributed by atoms with E-state index in [4.69, 9.17) is 18.6 Å². The number of hydrogen-bond acceptors (Lipinski definition) is 10. The van der Waals surface area contributed by atoms with Gasteiger partial charge in [-0.15, -0.1) is 0 Å². The van der Waals surface area contributed by atoms with E-state index < -0.39 is 30.0 Å². The number of benzene rings is 3. The van der Waals surface area contributed by atoms with E-state index in [1.807, 2.05) is 0 Å². The maximum atomic E-state index is 12.6. The standard InChI is InChI=1S/C26H24O10/c1-33-21-7-14(19-11-18(31)24-17(30)9-16(29)10-20(24)35-19)8-22(34-2)26(21)36-23(12-27)25(32)13-3-5-15(28)6-4-13/h3-11,23,25,27-30,32H,12H2,1-2H3/t23-,25?/m1/s1.